The van der Waals surface area contributed by atoms with Gasteiger partial charge in [-0.3, -0.25) is 9.48 Å². The maximum Gasteiger partial charge on any atom is 0.246 e. The molecule has 0 bridgehead atoms. The second-order valence-electron chi connectivity index (χ2n) is 3.86. The number of hydrogen-bond acceptors (Lipinski definition) is 4. The first-order chi connectivity index (χ1) is 9.21. The quantitative estimate of drug-likeness (QED) is 0.801. The van der Waals surface area contributed by atoms with Gasteiger partial charge in [-0.25, -0.2) is 0 Å². The van der Waals surface area contributed by atoms with Crippen molar-refractivity contribution in [3.63, 3.8) is 0 Å². The number of nitrogens with zero attached hydrogens (tertiary/aromatic N) is 3. The molecule has 6 heteroatoms. The molecule has 1 amide bonds. The minimum atomic E-state index is -0.344. The first-order valence-corrected chi connectivity index (χ1v) is 6.50. The molecular weight excluding hydrogens is 244 g/mol. The van der Waals surface area contributed by atoms with Crippen LogP contribution in [0.15, 0.2) is 18.7 Å². The molecule has 2 N–H and O–H groups in total. The summed E-state index contributed by atoms with van der Waals surface area (Å²) in [4.78, 5) is 13.3. The van der Waals surface area contributed by atoms with Crippen molar-refractivity contribution in [2.24, 2.45) is 0 Å². The molecule has 6 nitrogen and oxygen atoms in total. The fraction of sp³-hybridized carbons (Fsp3) is 0.538. The molecule has 1 unspecified atom stereocenters. The van der Waals surface area contributed by atoms with Gasteiger partial charge >= 0.3 is 0 Å². The first kappa shape index (κ1) is 15.2. The van der Waals surface area contributed by atoms with E-state index in [0.29, 0.717) is 13.1 Å². The van der Waals surface area contributed by atoms with Crippen LogP contribution >= 0.6 is 0 Å². The minimum absolute atomic E-state index is 0.117. The second kappa shape index (κ2) is 6.94. The molecule has 0 aromatic carbocycles. The fourth-order valence-corrected chi connectivity index (χ4v) is 2.09. The predicted octanol–water partition coefficient (Wildman–Crippen LogP) is 1.01. The highest BCUT2D eigenvalue weighted by Gasteiger charge is 2.30. The van der Waals surface area contributed by atoms with Crippen molar-refractivity contribution >= 4 is 11.7 Å². The number of aliphatic hydroxyl groups is 1. The Hall–Kier alpha value is -1.82. The summed E-state index contributed by atoms with van der Waals surface area (Å²) < 4.78 is 1.82. The van der Waals surface area contributed by atoms with E-state index in [9.17, 15) is 9.90 Å². The fourth-order valence-electron chi connectivity index (χ4n) is 2.09. The van der Waals surface area contributed by atoms with Gasteiger partial charge in [0.05, 0.1) is 24.9 Å². The van der Waals surface area contributed by atoms with Gasteiger partial charge < -0.3 is 15.3 Å². The monoisotopic (exact) mass is 266 g/mol. The third-order valence-electron chi connectivity index (χ3n) is 2.97. The van der Waals surface area contributed by atoms with Crippen molar-refractivity contribution in [1.82, 2.24) is 14.7 Å². The largest absolute Gasteiger partial charge is 0.394 e. The molecule has 0 radical (unpaired) electrons. The van der Waals surface area contributed by atoms with Crippen molar-refractivity contribution in [2.75, 3.05) is 25.5 Å². The molecule has 1 aromatic heterocycles. The number of carbonyl (C=O) groups is 1. The Bertz CT molecular complexity index is 442. The topological polar surface area (TPSA) is 70.4 Å². The molecule has 0 saturated carbocycles. The average molecular weight is 266 g/mol. The molecule has 0 saturated heterocycles. The molecule has 2 rings (SSSR count). The molecule has 1 aromatic rings. The number of nitrogens with one attached hydrogen (secondary N) is 1. The van der Waals surface area contributed by atoms with E-state index in [2.05, 4.69) is 17.0 Å². The van der Waals surface area contributed by atoms with Gasteiger partial charge in [0.2, 0.25) is 5.91 Å². The molecule has 19 heavy (non-hydrogen) atoms. The standard InChI is InChI=1S/C11H16N4O2.C2H6/c1-3-11(17)14-4-5-15-8(9(14)7-16)6-10(12-2)13-15;1-2/h3,6,9,16H,1,4-5,7H2,2H3,(H,12,13);1-2H3. The average Bonchev–Trinajstić information content (AvgIpc) is 2.90. The van der Waals surface area contributed by atoms with E-state index in [0.717, 1.165) is 11.5 Å². The smallest absolute Gasteiger partial charge is 0.246 e. The Kier molecular flexibility index (Phi) is 5.57. The van der Waals surface area contributed by atoms with E-state index in [4.69, 9.17) is 0 Å². The van der Waals surface area contributed by atoms with Gasteiger partial charge in [0, 0.05) is 19.7 Å². The molecule has 1 atom stereocenters. The van der Waals surface area contributed by atoms with Crippen LogP contribution in [0.5, 0.6) is 0 Å². The van der Waals surface area contributed by atoms with Gasteiger partial charge in [0.25, 0.3) is 0 Å². The Morgan fingerprint density at radius 3 is 2.84 bits per heavy atom. The summed E-state index contributed by atoms with van der Waals surface area (Å²) >= 11 is 0. The van der Waals surface area contributed by atoms with Gasteiger partial charge in [0.15, 0.2) is 0 Å². The van der Waals surface area contributed by atoms with Gasteiger partial charge in [-0.1, -0.05) is 20.4 Å². The number of fused-ring (bicyclic) bond motifs is 1. The number of hydrogen-bond donors (Lipinski definition) is 2. The normalized spacial score (nSPS) is 17.1. The molecule has 0 spiro atoms. The molecule has 1 aliphatic heterocycles. The highest BCUT2D eigenvalue weighted by atomic mass is 16.3. The van der Waals surface area contributed by atoms with Gasteiger partial charge in [-0.05, 0) is 6.08 Å². The Balaban J connectivity index is 0.000000861. The minimum Gasteiger partial charge on any atom is -0.394 e. The summed E-state index contributed by atoms with van der Waals surface area (Å²) in [5, 5.41) is 16.7. The number of anilines is 1. The van der Waals surface area contributed by atoms with E-state index >= 15 is 0 Å². The number of aromatic nitrogens is 2. The summed E-state index contributed by atoms with van der Waals surface area (Å²) in [5.74, 6) is 0.578. The van der Waals surface area contributed by atoms with Crippen molar-refractivity contribution in [1.29, 1.82) is 0 Å². The van der Waals surface area contributed by atoms with Crippen molar-refractivity contribution < 1.29 is 9.90 Å². The van der Waals surface area contributed by atoms with Crippen LogP contribution in [0.2, 0.25) is 0 Å². The van der Waals surface area contributed by atoms with Gasteiger partial charge in [-0.15, -0.1) is 0 Å². The lowest BCUT2D eigenvalue weighted by atomic mass is 10.1. The number of aliphatic hydroxyl groups excluding tert-OH is 1. The van der Waals surface area contributed by atoms with E-state index in [1.54, 1.807) is 11.9 Å². The van der Waals surface area contributed by atoms with E-state index in [-0.39, 0.29) is 18.6 Å². The Labute approximate surface area is 113 Å². The van der Waals surface area contributed by atoms with Crippen LogP contribution in [-0.2, 0) is 11.3 Å². The van der Waals surface area contributed by atoms with Crippen LogP contribution < -0.4 is 5.32 Å². The molecular formula is C13H22N4O2. The maximum absolute atomic E-state index is 11.7. The molecule has 0 fully saturated rings. The predicted molar refractivity (Wildman–Crippen MR) is 74.9 cm³/mol. The van der Waals surface area contributed by atoms with Crippen molar-refractivity contribution in [2.45, 2.75) is 26.4 Å². The van der Waals surface area contributed by atoms with Crippen molar-refractivity contribution in [3.8, 4) is 0 Å². The van der Waals surface area contributed by atoms with Crippen LogP contribution in [0, 0.1) is 0 Å². The lowest BCUT2D eigenvalue weighted by Crippen LogP contribution is -2.42. The molecule has 1 aliphatic rings. The van der Waals surface area contributed by atoms with Gasteiger partial charge in [0.1, 0.15) is 5.82 Å². The molecule has 2 heterocycles. The number of carbonyl (C=O) groups excluding carboxylic acids is 1. The zero-order valence-electron chi connectivity index (χ0n) is 11.8. The summed E-state index contributed by atoms with van der Waals surface area (Å²) in [6.45, 7) is 8.53. The zero-order chi connectivity index (χ0) is 14.4. The van der Waals surface area contributed by atoms with E-state index in [1.807, 2.05) is 24.6 Å². The maximum atomic E-state index is 11.7. The van der Waals surface area contributed by atoms with Crippen LogP contribution in [-0.4, -0.2) is 45.9 Å². The Morgan fingerprint density at radius 2 is 2.32 bits per heavy atom. The third-order valence-corrected chi connectivity index (χ3v) is 2.97. The van der Waals surface area contributed by atoms with Gasteiger partial charge in [-0.2, -0.15) is 5.10 Å². The highest BCUT2D eigenvalue weighted by Crippen LogP contribution is 2.27. The zero-order valence-corrected chi connectivity index (χ0v) is 11.8. The lowest BCUT2D eigenvalue weighted by molar-refractivity contribution is -0.130. The SMILES string of the molecule is C=CC(=O)N1CCn2nc(NC)cc2C1CO.CC. The number of amides is 1. The summed E-state index contributed by atoms with van der Waals surface area (Å²) in [6, 6.07) is 1.51. The van der Waals surface area contributed by atoms with E-state index in [1.165, 1.54) is 6.08 Å². The summed E-state index contributed by atoms with van der Waals surface area (Å²) in [5.41, 5.74) is 0.846. The van der Waals surface area contributed by atoms with Crippen LogP contribution in [0.1, 0.15) is 25.6 Å². The molecule has 106 valence electrons. The first-order valence-electron chi connectivity index (χ1n) is 6.50. The molecule has 0 aliphatic carbocycles. The van der Waals surface area contributed by atoms with Crippen molar-refractivity contribution in [3.05, 3.63) is 24.4 Å². The van der Waals surface area contributed by atoms with E-state index < -0.39 is 0 Å². The Morgan fingerprint density at radius 1 is 1.63 bits per heavy atom. The third kappa shape index (κ3) is 2.96. The highest BCUT2D eigenvalue weighted by molar-refractivity contribution is 5.87. The summed E-state index contributed by atoms with van der Waals surface area (Å²) in [6.07, 6.45) is 1.27. The number of rotatable bonds is 3. The lowest BCUT2D eigenvalue weighted by Gasteiger charge is -2.34. The van der Waals surface area contributed by atoms with Crippen LogP contribution in [0.3, 0.4) is 0 Å². The van der Waals surface area contributed by atoms with Crippen LogP contribution in [0.4, 0.5) is 5.82 Å². The second-order valence-corrected chi connectivity index (χ2v) is 3.86. The summed E-state index contributed by atoms with van der Waals surface area (Å²) in [7, 11) is 1.79. The van der Waals surface area contributed by atoms with Crippen LogP contribution in [0.25, 0.3) is 0 Å².